The minimum Gasteiger partial charge on any atom is -0.497 e. The highest BCUT2D eigenvalue weighted by Gasteiger charge is 2.15. The van der Waals surface area contributed by atoms with E-state index in [4.69, 9.17) is 18.9 Å². The van der Waals surface area contributed by atoms with Gasteiger partial charge in [-0.2, -0.15) is 5.10 Å². The summed E-state index contributed by atoms with van der Waals surface area (Å²) in [6, 6.07) is 15.4. The van der Waals surface area contributed by atoms with Crippen molar-refractivity contribution in [1.29, 1.82) is 0 Å². The maximum atomic E-state index is 12.6. The molecule has 8 heteroatoms. The lowest BCUT2D eigenvalue weighted by molar-refractivity contribution is 0.0729. The van der Waals surface area contributed by atoms with Gasteiger partial charge in [-0.3, -0.25) is 5.43 Å². The molecule has 1 N–H and O–H groups in total. The van der Waals surface area contributed by atoms with Crippen molar-refractivity contribution in [2.75, 3.05) is 26.8 Å². The minimum absolute atomic E-state index is 0.277. The first-order chi connectivity index (χ1) is 14.6. The van der Waals surface area contributed by atoms with Gasteiger partial charge in [-0.15, -0.1) is 0 Å². The third-order valence-corrected chi connectivity index (χ3v) is 4.04. The first-order valence-corrected chi connectivity index (χ1v) is 8.96. The van der Waals surface area contributed by atoms with Crippen LogP contribution in [0.25, 0.3) is 0 Å². The molecule has 0 bridgehead atoms. The largest absolute Gasteiger partial charge is 0.497 e. The van der Waals surface area contributed by atoms with E-state index in [0.717, 1.165) is 5.56 Å². The second-order valence-corrected chi connectivity index (χ2v) is 5.99. The summed E-state index contributed by atoms with van der Waals surface area (Å²) in [6.07, 6.45) is 3.28. The Morgan fingerprint density at radius 3 is 2.33 bits per heavy atom. The van der Waals surface area contributed by atoms with Crippen molar-refractivity contribution in [2.45, 2.75) is 0 Å². The lowest BCUT2D eigenvalue weighted by Crippen LogP contribution is -2.10. The predicted octanol–water partition coefficient (Wildman–Crippen LogP) is 3.77. The van der Waals surface area contributed by atoms with E-state index in [1.807, 2.05) is 12.1 Å². The highest BCUT2D eigenvalue weighted by molar-refractivity contribution is 5.92. The number of aromatic nitrogens is 1. The number of hydrogen-bond acceptors (Lipinski definition) is 8. The number of nitrogens with one attached hydrogen (secondary N) is 1. The van der Waals surface area contributed by atoms with Crippen molar-refractivity contribution in [2.24, 2.45) is 5.10 Å². The van der Waals surface area contributed by atoms with Gasteiger partial charge in [0.15, 0.2) is 11.5 Å². The second-order valence-electron chi connectivity index (χ2n) is 5.99. The molecular weight excluding hydrogens is 386 g/mol. The first kappa shape index (κ1) is 20.7. The van der Waals surface area contributed by atoms with Crippen molar-refractivity contribution in [3.05, 3.63) is 71.9 Å². The summed E-state index contributed by atoms with van der Waals surface area (Å²) >= 11 is 0. The number of carbonyl (C=O) groups is 1. The smallest absolute Gasteiger partial charge is 0.343 e. The molecule has 2 aromatic carbocycles. The van der Waals surface area contributed by atoms with Gasteiger partial charge < -0.3 is 18.9 Å². The van der Waals surface area contributed by atoms with E-state index in [2.05, 4.69) is 15.5 Å². The Morgan fingerprint density at radius 1 is 0.933 bits per heavy atom. The standard InChI is InChI=1S/C22H21N3O5/c1-27-17-11-16(12-18(13-17)28-2)22(26)30-19-8-7-15(10-20(19)29-3)14-24-25-21-6-4-5-9-23-21/h4-14H,1-3H3,(H,23,25). The SMILES string of the molecule is COc1cc(OC)cc(C(=O)Oc2ccc(C=NNc3ccccn3)cc2OC)c1. The predicted molar refractivity (Wildman–Crippen MR) is 113 cm³/mol. The summed E-state index contributed by atoms with van der Waals surface area (Å²) in [5.74, 6) is 1.70. The van der Waals surface area contributed by atoms with Gasteiger partial charge in [-0.05, 0) is 48.0 Å². The number of hydrazone groups is 1. The number of anilines is 1. The monoisotopic (exact) mass is 407 g/mol. The van der Waals surface area contributed by atoms with E-state index < -0.39 is 5.97 Å². The molecule has 1 heterocycles. The summed E-state index contributed by atoms with van der Waals surface area (Å²) in [4.78, 5) is 16.7. The van der Waals surface area contributed by atoms with Crippen molar-refractivity contribution >= 4 is 18.0 Å². The van der Waals surface area contributed by atoms with Crippen LogP contribution in [0.3, 0.4) is 0 Å². The van der Waals surface area contributed by atoms with Crippen LogP contribution in [-0.4, -0.2) is 38.5 Å². The number of nitrogens with zero attached hydrogens (tertiary/aromatic N) is 2. The Morgan fingerprint density at radius 2 is 1.70 bits per heavy atom. The molecule has 30 heavy (non-hydrogen) atoms. The van der Waals surface area contributed by atoms with Crippen LogP contribution in [0.2, 0.25) is 0 Å². The van der Waals surface area contributed by atoms with Crippen LogP contribution in [0, 0.1) is 0 Å². The van der Waals surface area contributed by atoms with Crippen molar-refractivity contribution in [3.63, 3.8) is 0 Å². The molecule has 0 atom stereocenters. The Bertz CT molecular complexity index is 1020. The molecular formula is C22H21N3O5. The molecule has 8 nitrogen and oxygen atoms in total. The zero-order chi connectivity index (χ0) is 21.3. The van der Waals surface area contributed by atoms with Gasteiger partial charge >= 0.3 is 5.97 Å². The zero-order valence-electron chi connectivity index (χ0n) is 16.8. The molecule has 0 aliphatic rings. The number of benzene rings is 2. The van der Waals surface area contributed by atoms with Crippen LogP contribution in [0.15, 0.2) is 65.9 Å². The van der Waals surface area contributed by atoms with Crippen LogP contribution in [0.4, 0.5) is 5.82 Å². The van der Waals surface area contributed by atoms with Crippen molar-refractivity contribution < 1.29 is 23.7 Å². The van der Waals surface area contributed by atoms with E-state index in [1.54, 1.807) is 54.9 Å². The summed E-state index contributed by atoms with van der Waals surface area (Å²) in [5, 5.41) is 4.14. The molecule has 0 saturated heterocycles. The first-order valence-electron chi connectivity index (χ1n) is 8.96. The van der Waals surface area contributed by atoms with Crippen LogP contribution in [-0.2, 0) is 0 Å². The molecule has 154 valence electrons. The highest BCUT2D eigenvalue weighted by Crippen LogP contribution is 2.29. The molecule has 3 rings (SSSR count). The summed E-state index contributed by atoms with van der Waals surface area (Å²) in [7, 11) is 4.51. The number of rotatable bonds is 8. The average Bonchev–Trinajstić information content (AvgIpc) is 2.80. The molecule has 0 unspecified atom stereocenters. The van der Waals surface area contributed by atoms with Gasteiger partial charge in [-0.25, -0.2) is 9.78 Å². The second kappa shape index (κ2) is 9.92. The number of carbonyl (C=O) groups excluding carboxylic acids is 1. The van der Waals surface area contributed by atoms with E-state index in [-0.39, 0.29) is 5.75 Å². The molecule has 3 aromatic rings. The Balaban J connectivity index is 1.74. The summed E-state index contributed by atoms with van der Waals surface area (Å²) in [5.41, 5.74) is 3.87. The molecule has 0 aliphatic heterocycles. The van der Waals surface area contributed by atoms with Gasteiger partial charge in [-0.1, -0.05) is 6.07 Å². The lowest BCUT2D eigenvalue weighted by atomic mass is 10.2. The minimum atomic E-state index is -0.566. The van der Waals surface area contributed by atoms with E-state index in [9.17, 15) is 4.79 Å². The fourth-order valence-corrected chi connectivity index (χ4v) is 2.53. The Hall–Kier alpha value is -4.07. The van der Waals surface area contributed by atoms with Gasteiger partial charge in [0, 0.05) is 12.3 Å². The quantitative estimate of drug-likeness (QED) is 0.263. The molecule has 0 fully saturated rings. The third kappa shape index (κ3) is 5.26. The maximum absolute atomic E-state index is 12.6. The average molecular weight is 407 g/mol. The van der Waals surface area contributed by atoms with Gasteiger partial charge in [0.05, 0.1) is 33.1 Å². The molecule has 1 aromatic heterocycles. The number of ether oxygens (including phenoxy) is 4. The zero-order valence-corrected chi connectivity index (χ0v) is 16.8. The van der Waals surface area contributed by atoms with Crippen LogP contribution in [0.5, 0.6) is 23.0 Å². The van der Waals surface area contributed by atoms with E-state index in [1.165, 1.54) is 21.3 Å². The number of pyridine rings is 1. The van der Waals surface area contributed by atoms with Crippen molar-refractivity contribution in [3.8, 4) is 23.0 Å². The number of hydrogen-bond donors (Lipinski definition) is 1. The Kier molecular flexibility index (Phi) is 6.83. The normalized spacial score (nSPS) is 10.5. The topological polar surface area (TPSA) is 91.3 Å². The molecule has 0 spiro atoms. The molecule has 0 radical (unpaired) electrons. The fourth-order valence-electron chi connectivity index (χ4n) is 2.53. The summed E-state index contributed by atoms with van der Waals surface area (Å²) < 4.78 is 21.2. The highest BCUT2D eigenvalue weighted by atomic mass is 16.6. The van der Waals surface area contributed by atoms with Gasteiger partial charge in [0.1, 0.15) is 17.3 Å². The van der Waals surface area contributed by atoms with E-state index >= 15 is 0 Å². The molecule has 0 aliphatic carbocycles. The van der Waals surface area contributed by atoms with Crippen LogP contribution < -0.4 is 24.4 Å². The van der Waals surface area contributed by atoms with Gasteiger partial charge in [0.25, 0.3) is 0 Å². The van der Waals surface area contributed by atoms with Crippen LogP contribution >= 0.6 is 0 Å². The van der Waals surface area contributed by atoms with Gasteiger partial charge in [0.2, 0.25) is 0 Å². The molecule has 0 saturated carbocycles. The fraction of sp³-hybridized carbons (Fsp3) is 0.136. The number of esters is 1. The summed E-state index contributed by atoms with van der Waals surface area (Å²) in [6.45, 7) is 0. The third-order valence-electron chi connectivity index (χ3n) is 4.04. The molecule has 0 amide bonds. The maximum Gasteiger partial charge on any atom is 0.343 e. The van der Waals surface area contributed by atoms with Crippen molar-refractivity contribution in [1.82, 2.24) is 4.98 Å². The Labute approximate surface area is 174 Å². The lowest BCUT2D eigenvalue weighted by Gasteiger charge is -2.11. The number of methoxy groups -OCH3 is 3. The van der Waals surface area contributed by atoms with Crippen LogP contribution in [0.1, 0.15) is 15.9 Å². The van der Waals surface area contributed by atoms with E-state index in [0.29, 0.717) is 28.6 Å².